The van der Waals surface area contributed by atoms with Gasteiger partial charge in [0.15, 0.2) is 0 Å². The van der Waals surface area contributed by atoms with Gasteiger partial charge >= 0.3 is 0 Å². The van der Waals surface area contributed by atoms with E-state index in [1.165, 1.54) is 0 Å². The van der Waals surface area contributed by atoms with Gasteiger partial charge in [-0.05, 0) is 24.7 Å². The van der Waals surface area contributed by atoms with Gasteiger partial charge in [-0.15, -0.1) is 0 Å². The maximum Gasteiger partial charge on any atom is 0.246 e. The third kappa shape index (κ3) is 4.70. The number of hydrogen-bond acceptors (Lipinski definition) is 3. The van der Waals surface area contributed by atoms with Crippen LogP contribution in [0.15, 0.2) is 0 Å². The van der Waals surface area contributed by atoms with E-state index in [0.717, 1.165) is 25.7 Å². The average molecular weight is 298 g/mol. The first-order valence-corrected chi connectivity index (χ1v) is 7.92. The molecular formula is C16H30N2O3. The molecule has 21 heavy (non-hydrogen) atoms. The second-order valence-electron chi connectivity index (χ2n) is 6.84. The maximum absolute atomic E-state index is 12.7. The van der Waals surface area contributed by atoms with Gasteiger partial charge in [0.05, 0.1) is 0 Å². The Morgan fingerprint density at radius 1 is 1.24 bits per heavy atom. The normalized spacial score (nSPS) is 23.4. The largest absolute Gasteiger partial charge is 0.385 e. The lowest BCUT2D eigenvalue weighted by atomic mass is 9.83. The minimum absolute atomic E-state index is 0.0110. The average Bonchev–Trinajstić information content (AvgIpc) is 2.40. The summed E-state index contributed by atoms with van der Waals surface area (Å²) in [6, 6.07) is -0.746. The van der Waals surface area contributed by atoms with Gasteiger partial charge in [-0.25, -0.2) is 0 Å². The molecule has 2 amide bonds. The highest BCUT2D eigenvalue weighted by molar-refractivity contribution is 5.97. The van der Waals surface area contributed by atoms with Crippen molar-refractivity contribution in [3.63, 3.8) is 0 Å². The molecule has 1 heterocycles. The van der Waals surface area contributed by atoms with Crippen LogP contribution in [-0.2, 0) is 14.3 Å². The molecule has 1 aliphatic heterocycles. The molecule has 1 rings (SSSR count). The fraction of sp³-hybridized carbons (Fsp3) is 0.875. The topological polar surface area (TPSA) is 58.6 Å². The van der Waals surface area contributed by atoms with Crippen molar-refractivity contribution in [2.75, 3.05) is 20.3 Å². The van der Waals surface area contributed by atoms with Crippen molar-refractivity contribution in [1.29, 1.82) is 0 Å². The monoisotopic (exact) mass is 298 g/mol. The molecule has 5 nitrogen and oxygen atoms in total. The van der Waals surface area contributed by atoms with Crippen molar-refractivity contribution in [3.8, 4) is 0 Å². The summed E-state index contributed by atoms with van der Waals surface area (Å²) in [7, 11) is 1.68. The van der Waals surface area contributed by atoms with E-state index in [-0.39, 0.29) is 23.3 Å². The molecule has 122 valence electrons. The Morgan fingerprint density at radius 3 is 2.43 bits per heavy atom. The zero-order valence-corrected chi connectivity index (χ0v) is 14.1. The fourth-order valence-electron chi connectivity index (χ4n) is 2.70. The number of hydrogen-bond donors (Lipinski definition) is 1. The number of amides is 2. The second kappa shape index (κ2) is 7.78. The molecule has 0 bridgehead atoms. The fourth-order valence-corrected chi connectivity index (χ4v) is 2.70. The lowest BCUT2D eigenvalue weighted by Gasteiger charge is -2.43. The maximum atomic E-state index is 12.7. The van der Waals surface area contributed by atoms with Crippen molar-refractivity contribution < 1.29 is 14.3 Å². The Labute approximate surface area is 128 Å². The quantitative estimate of drug-likeness (QED) is 0.731. The Morgan fingerprint density at radius 2 is 1.90 bits per heavy atom. The summed E-state index contributed by atoms with van der Waals surface area (Å²) in [6.45, 7) is 9.32. The molecule has 1 aliphatic rings. The minimum atomic E-state index is -0.430. The van der Waals surface area contributed by atoms with Gasteiger partial charge in [-0.1, -0.05) is 34.1 Å². The van der Waals surface area contributed by atoms with Crippen LogP contribution in [0.2, 0.25) is 0 Å². The van der Waals surface area contributed by atoms with Gasteiger partial charge in [0, 0.05) is 20.3 Å². The van der Waals surface area contributed by atoms with Crippen molar-refractivity contribution in [1.82, 2.24) is 10.2 Å². The molecule has 0 aromatic heterocycles. The minimum Gasteiger partial charge on any atom is -0.385 e. The van der Waals surface area contributed by atoms with Crippen LogP contribution in [0.1, 0.15) is 53.4 Å². The summed E-state index contributed by atoms with van der Waals surface area (Å²) >= 11 is 0. The van der Waals surface area contributed by atoms with Crippen LogP contribution in [0.5, 0.6) is 0 Å². The third-order valence-corrected chi connectivity index (χ3v) is 3.92. The number of piperazine rings is 1. The van der Waals surface area contributed by atoms with E-state index in [9.17, 15) is 9.59 Å². The highest BCUT2D eigenvalue weighted by Gasteiger charge is 2.44. The van der Waals surface area contributed by atoms with E-state index in [2.05, 4.69) is 5.32 Å². The molecule has 1 N–H and O–H groups in total. The summed E-state index contributed by atoms with van der Waals surface area (Å²) in [5.74, 6) is 0.0427. The summed E-state index contributed by atoms with van der Waals surface area (Å²) in [4.78, 5) is 26.9. The Kier molecular flexibility index (Phi) is 6.65. The summed E-state index contributed by atoms with van der Waals surface area (Å²) in [5, 5.41) is 2.92. The highest BCUT2D eigenvalue weighted by Crippen LogP contribution is 2.26. The summed E-state index contributed by atoms with van der Waals surface area (Å²) in [6.07, 6.45) is 3.38. The molecule has 0 spiro atoms. The van der Waals surface area contributed by atoms with E-state index in [4.69, 9.17) is 4.74 Å². The van der Waals surface area contributed by atoms with E-state index in [1.807, 2.05) is 27.7 Å². The first-order valence-electron chi connectivity index (χ1n) is 7.92. The van der Waals surface area contributed by atoms with Gasteiger partial charge in [0.1, 0.15) is 12.1 Å². The standard InChI is InChI=1S/C16H30N2O3/c1-6-9-12-14(19)17-13(16(2,3)4)15(20)18(12)10-7-8-11-21-5/h12-13H,6-11H2,1-5H3,(H,17,19). The molecule has 2 atom stereocenters. The van der Waals surface area contributed by atoms with Gasteiger partial charge in [0.2, 0.25) is 11.8 Å². The SMILES string of the molecule is CCCC1C(=O)NC(C(C)(C)C)C(=O)N1CCCCOC. The number of unbranched alkanes of at least 4 members (excludes halogenated alkanes) is 1. The van der Waals surface area contributed by atoms with Crippen molar-refractivity contribution in [2.24, 2.45) is 5.41 Å². The van der Waals surface area contributed by atoms with Crippen LogP contribution < -0.4 is 5.32 Å². The number of carbonyl (C=O) groups excluding carboxylic acids is 2. The predicted molar refractivity (Wildman–Crippen MR) is 82.9 cm³/mol. The molecule has 5 heteroatoms. The van der Waals surface area contributed by atoms with Crippen LogP contribution in [-0.4, -0.2) is 49.1 Å². The van der Waals surface area contributed by atoms with E-state index < -0.39 is 6.04 Å². The Bertz CT molecular complexity index is 363. The molecule has 1 fully saturated rings. The molecule has 1 saturated heterocycles. The number of nitrogens with zero attached hydrogens (tertiary/aromatic N) is 1. The smallest absolute Gasteiger partial charge is 0.246 e. The zero-order valence-electron chi connectivity index (χ0n) is 14.1. The molecule has 2 unspecified atom stereocenters. The number of rotatable bonds is 7. The van der Waals surface area contributed by atoms with E-state index in [0.29, 0.717) is 13.2 Å². The number of carbonyl (C=O) groups is 2. The zero-order chi connectivity index (χ0) is 16.0. The predicted octanol–water partition coefficient (Wildman–Crippen LogP) is 1.95. The molecule has 0 aromatic carbocycles. The van der Waals surface area contributed by atoms with Gasteiger partial charge in [0.25, 0.3) is 0 Å². The van der Waals surface area contributed by atoms with Crippen LogP contribution in [0.4, 0.5) is 0 Å². The third-order valence-electron chi connectivity index (χ3n) is 3.92. The van der Waals surface area contributed by atoms with Gasteiger partial charge in [-0.3, -0.25) is 9.59 Å². The van der Waals surface area contributed by atoms with Crippen LogP contribution in [0.25, 0.3) is 0 Å². The van der Waals surface area contributed by atoms with Crippen molar-refractivity contribution >= 4 is 11.8 Å². The molecule has 0 radical (unpaired) electrons. The van der Waals surface area contributed by atoms with Crippen molar-refractivity contribution in [2.45, 2.75) is 65.5 Å². The van der Waals surface area contributed by atoms with Crippen molar-refractivity contribution in [3.05, 3.63) is 0 Å². The van der Waals surface area contributed by atoms with Crippen LogP contribution in [0, 0.1) is 5.41 Å². The first kappa shape index (κ1) is 18.0. The molecule has 0 saturated carbocycles. The van der Waals surface area contributed by atoms with Gasteiger partial charge in [-0.2, -0.15) is 0 Å². The number of methoxy groups -OCH3 is 1. The Hall–Kier alpha value is -1.10. The molecule has 0 aliphatic carbocycles. The lowest BCUT2D eigenvalue weighted by Crippen LogP contribution is -2.66. The Balaban J connectivity index is 2.82. The van der Waals surface area contributed by atoms with E-state index in [1.54, 1.807) is 12.0 Å². The molecular weight excluding hydrogens is 268 g/mol. The number of nitrogens with one attached hydrogen (secondary N) is 1. The molecule has 0 aromatic rings. The first-order chi connectivity index (χ1) is 9.82. The lowest BCUT2D eigenvalue weighted by molar-refractivity contribution is -0.152. The van der Waals surface area contributed by atoms with Crippen LogP contribution in [0.3, 0.4) is 0 Å². The highest BCUT2D eigenvalue weighted by atomic mass is 16.5. The van der Waals surface area contributed by atoms with E-state index >= 15 is 0 Å². The van der Waals surface area contributed by atoms with Crippen LogP contribution >= 0.6 is 0 Å². The second-order valence-corrected chi connectivity index (χ2v) is 6.84. The number of ether oxygens (including phenoxy) is 1. The summed E-state index contributed by atoms with van der Waals surface area (Å²) in [5.41, 5.74) is -0.269. The van der Waals surface area contributed by atoms with Gasteiger partial charge < -0.3 is 15.0 Å². The summed E-state index contributed by atoms with van der Waals surface area (Å²) < 4.78 is 5.05.